The highest BCUT2D eigenvalue weighted by atomic mass is 16.2. The van der Waals surface area contributed by atoms with Crippen LogP contribution in [0.1, 0.15) is 25.5 Å². The van der Waals surface area contributed by atoms with Crippen LogP contribution in [0.4, 0.5) is 16.3 Å². The fourth-order valence-corrected chi connectivity index (χ4v) is 2.55. The van der Waals surface area contributed by atoms with Gasteiger partial charge in [-0.3, -0.25) is 0 Å². The van der Waals surface area contributed by atoms with E-state index in [0.29, 0.717) is 30.2 Å². The van der Waals surface area contributed by atoms with Crippen molar-refractivity contribution in [3.05, 3.63) is 42.4 Å². The number of pyridine rings is 2. The van der Waals surface area contributed by atoms with Crippen LogP contribution in [-0.2, 0) is 0 Å². The second kappa shape index (κ2) is 8.14. The topological polar surface area (TPSA) is 121 Å². The number of aromatic nitrogens is 4. The fourth-order valence-electron chi connectivity index (χ4n) is 2.55. The van der Waals surface area contributed by atoms with Gasteiger partial charge in [0.2, 0.25) is 0 Å². The fraction of sp³-hybridized carbons (Fsp3) is 0.278. The Morgan fingerprint density at radius 3 is 2.93 bits per heavy atom. The molecule has 2 amide bonds. The van der Waals surface area contributed by atoms with E-state index >= 15 is 0 Å². The summed E-state index contributed by atoms with van der Waals surface area (Å²) in [5.74, 6) is 0.499. The zero-order chi connectivity index (χ0) is 19.2. The van der Waals surface area contributed by atoms with Gasteiger partial charge in [0, 0.05) is 30.7 Å². The number of nitrogens with one attached hydrogen (secondary N) is 3. The standard InChI is InChI=1S/C18H20N8O/c1-12(2)26-17-14(10-24-26)8-15(11-23-17)25-18(27)22-7-6-21-16-13(9-19)4-3-5-20-16/h3-5,8,10-12H,6-7H2,1-2H3,(H,20,21)(H2,22,25,27). The lowest BCUT2D eigenvalue weighted by atomic mass is 10.3. The monoisotopic (exact) mass is 364 g/mol. The van der Waals surface area contributed by atoms with E-state index in [-0.39, 0.29) is 12.1 Å². The maximum Gasteiger partial charge on any atom is 0.319 e. The third kappa shape index (κ3) is 4.30. The van der Waals surface area contributed by atoms with Crippen LogP contribution < -0.4 is 16.0 Å². The SMILES string of the molecule is CC(C)n1ncc2cc(NC(=O)NCCNc3ncccc3C#N)cnc21. The van der Waals surface area contributed by atoms with E-state index in [4.69, 9.17) is 5.26 Å². The molecule has 0 unspecified atom stereocenters. The number of carbonyl (C=O) groups excluding carboxylic acids is 1. The maximum atomic E-state index is 12.0. The lowest BCUT2D eigenvalue weighted by Crippen LogP contribution is -2.32. The minimum Gasteiger partial charge on any atom is -0.367 e. The van der Waals surface area contributed by atoms with Crippen molar-refractivity contribution in [1.82, 2.24) is 25.1 Å². The molecule has 9 nitrogen and oxygen atoms in total. The minimum atomic E-state index is -0.337. The number of nitrogens with zero attached hydrogens (tertiary/aromatic N) is 5. The Morgan fingerprint density at radius 2 is 2.15 bits per heavy atom. The number of anilines is 2. The molecule has 0 aliphatic carbocycles. The Balaban J connectivity index is 1.51. The number of urea groups is 1. The molecule has 0 spiro atoms. The molecule has 3 heterocycles. The maximum absolute atomic E-state index is 12.0. The quantitative estimate of drug-likeness (QED) is 0.578. The van der Waals surface area contributed by atoms with Gasteiger partial charge in [0.05, 0.1) is 23.6 Å². The molecule has 138 valence electrons. The van der Waals surface area contributed by atoms with Crippen molar-refractivity contribution < 1.29 is 4.79 Å². The van der Waals surface area contributed by atoms with E-state index in [2.05, 4.69) is 37.1 Å². The molecule has 3 N–H and O–H groups in total. The molecule has 0 fully saturated rings. The zero-order valence-corrected chi connectivity index (χ0v) is 15.1. The van der Waals surface area contributed by atoms with Crippen molar-refractivity contribution in [1.29, 1.82) is 5.26 Å². The summed E-state index contributed by atoms with van der Waals surface area (Å²) in [4.78, 5) is 20.5. The van der Waals surface area contributed by atoms with E-state index in [1.54, 1.807) is 30.7 Å². The minimum absolute atomic E-state index is 0.213. The molecular formula is C18H20N8O. The summed E-state index contributed by atoms with van der Waals surface area (Å²) in [5.41, 5.74) is 1.83. The number of hydrogen-bond acceptors (Lipinski definition) is 6. The number of carbonyl (C=O) groups is 1. The van der Waals surface area contributed by atoms with E-state index in [0.717, 1.165) is 11.0 Å². The summed E-state index contributed by atoms with van der Waals surface area (Å²) < 4.78 is 1.83. The Labute approximate surface area is 156 Å². The summed E-state index contributed by atoms with van der Waals surface area (Å²) >= 11 is 0. The van der Waals surface area contributed by atoms with Gasteiger partial charge in [0.25, 0.3) is 0 Å². The van der Waals surface area contributed by atoms with Crippen molar-refractivity contribution in [3.8, 4) is 6.07 Å². The number of hydrogen-bond donors (Lipinski definition) is 3. The van der Waals surface area contributed by atoms with E-state index in [9.17, 15) is 4.79 Å². The number of amides is 2. The Hall–Kier alpha value is -3.67. The largest absolute Gasteiger partial charge is 0.367 e. The van der Waals surface area contributed by atoms with Crippen molar-refractivity contribution >= 4 is 28.6 Å². The average Bonchev–Trinajstić information content (AvgIpc) is 3.09. The van der Waals surface area contributed by atoms with Gasteiger partial charge < -0.3 is 16.0 Å². The molecular weight excluding hydrogens is 344 g/mol. The third-order valence-corrected chi connectivity index (χ3v) is 3.81. The van der Waals surface area contributed by atoms with Gasteiger partial charge in [-0.15, -0.1) is 0 Å². The van der Waals surface area contributed by atoms with Crippen molar-refractivity contribution in [2.75, 3.05) is 23.7 Å². The van der Waals surface area contributed by atoms with Gasteiger partial charge in [-0.2, -0.15) is 10.4 Å². The van der Waals surface area contributed by atoms with Gasteiger partial charge in [-0.05, 0) is 32.0 Å². The van der Waals surface area contributed by atoms with Gasteiger partial charge in [0.1, 0.15) is 11.9 Å². The predicted molar refractivity (Wildman–Crippen MR) is 102 cm³/mol. The van der Waals surface area contributed by atoms with E-state index < -0.39 is 0 Å². The van der Waals surface area contributed by atoms with Gasteiger partial charge in [-0.25, -0.2) is 19.4 Å². The highest BCUT2D eigenvalue weighted by Crippen LogP contribution is 2.18. The van der Waals surface area contributed by atoms with Crippen LogP contribution in [-0.4, -0.2) is 38.9 Å². The second-order valence-electron chi connectivity index (χ2n) is 6.14. The normalized spacial score (nSPS) is 10.6. The molecule has 0 bridgehead atoms. The predicted octanol–water partition coefficient (Wildman–Crippen LogP) is 2.51. The first-order valence-electron chi connectivity index (χ1n) is 8.55. The lowest BCUT2D eigenvalue weighted by molar-refractivity contribution is 0.252. The summed E-state index contributed by atoms with van der Waals surface area (Å²) in [6, 6.07) is 7.15. The third-order valence-electron chi connectivity index (χ3n) is 3.81. The van der Waals surface area contributed by atoms with Crippen LogP contribution in [0.2, 0.25) is 0 Å². The summed E-state index contributed by atoms with van der Waals surface area (Å²) in [7, 11) is 0. The highest BCUT2D eigenvalue weighted by Gasteiger charge is 2.09. The molecule has 3 rings (SSSR count). The number of rotatable bonds is 6. The smallest absolute Gasteiger partial charge is 0.319 e. The van der Waals surface area contributed by atoms with E-state index in [1.165, 1.54) is 0 Å². The van der Waals surface area contributed by atoms with Crippen LogP contribution in [0, 0.1) is 11.3 Å². The van der Waals surface area contributed by atoms with E-state index in [1.807, 2.05) is 24.6 Å². The van der Waals surface area contributed by atoms with Gasteiger partial charge >= 0.3 is 6.03 Å². The summed E-state index contributed by atoms with van der Waals surface area (Å²) in [6.07, 6.45) is 4.94. The number of nitriles is 1. The van der Waals surface area contributed by atoms with Crippen molar-refractivity contribution in [3.63, 3.8) is 0 Å². The summed E-state index contributed by atoms with van der Waals surface area (Å²) in [6.45, 7) is 4.88. The van der Waals surface area contributed by atoms with Crippen molar-refractivity contribution in [2.24, 2.45) is 0 Å². The van der Waals surface area contributed by atoms with Crippen LogP contribution in [0.5, 0.6) is 0 Å². The average molecular weight is 364 g/mol. The molecule has 0 saturated heterocycles. The molecule has 3 aromatic rings. The van der Waals surface area contributed by atoms with Crippen LogP contribution in [0.25, 0.3) is 11.0 Å². The molecule has 0 radical (unpaired) electrons. The molecule has 9 heteroatoms. The van der Waals surface area contributed by atoms with Gasteiger partial charge in [-0.1, -0.05) is 0 Å². The zero-order valence-electron chi connectivity index (χ0n) is 15.1. The van der Waals surface area contributed by atoms with Crippen LogP contribution in [0.3, 0.4) is 0 Å². The first-order chi connectivity index (χ1) is 13.1. The van der Waals surface area contributed by atoms with Crippen LogP contribution in [0.15, 0.2) is 36.8 Å². The van der Waals surface area contributed by atoms with Gasteiger partial charge in [0.15, 0.2) is 5.65 Å². The number of fused-ring (bicyclic) bond motifs is 1. The molecule has 27 heavy (non-hydrogen) atoms. The van der Waals surface area contributed by atoms with Crippen LogP contribution >= 0.6 is 0 Å². The lowest BCUT2D eigenvalue weighted by Gasteiger charge is -2.10. The highest BCUT2D eigenvalue weighted by molar-refractivity contribution is 5.91. The Morgan fingerprint density at radius 1 is 1.30 bits per heavy atom. The molecule has 0 aromatic carbocycles. The second-order valence-corrected chi connectivity index (χ2v) is 6.14. The molecule has 0 atom stereocenters. The Kier molecular flexibility index (Phi) is 5.47. The summed E-state index contributed by atoms with van der Waals surface area (Å²) in [5, 5.41) is 22.7. The Bertz CT molecular complexity index is 988. The molecule has 0 aliphatic heterocycles. The molecule has 0 aliphatic rings. The molecule has 0 saturated carbocycles. The first-order valence-corrected chi connectivity index (χ1v) is 8.55. The van der Waals surface area contributed by atoms with Crippen molar-refractivity contribution in [2.45, 2.75) is 19.9 Å². The first kappa shape index (κ1) is 18.1. The molecule has 3 aromatic heterocycles.